The summed E-state index contributed by atoms with van der Waals surface area (Å²) in [4.78, 5) is 7.37. The molecule has 0 saturated carbocycles. The smallest absolute Gasteiger partial charge is 0.111 e. The van der Waals surface area contributed by atoms with E-state index >= 15 is 0 Å². The van der Waals surface area contributed by atoms with Crippen molar-refractivity contribution in [2.45, 2.75) is 16.7 Å². The van der Waals surface area contributed by atoms with Crippen molar-refractivity contribution in [2.24, 2.45) is 0 Å². The Labute approximate surface area is 254 Å². The highest BCUT2D eigenvalue weighted by molar-refractivity contribution is 7.99. The first-order valence-corrected chi connectivity index (χ1v) is 15.5. The lowest BCUT2D eigenvalue weighted by Crippen LogP contribution is -2.03. The Morgan fingerprint density at radius 1 is 0.488 bits per heavy atom. The van der Waals surface area contributed by atoms with Crippen molar-refractivity contribution in [3.63, 3.8) is 0 Å². The molecule has 7 aromatic carbocycles. The molecule has 0 radical (unpaired) electrons. The number of hydrogen-bond acceptors (Lipinski definition) is 2. The van der Waals surface area contributed by atoms with Gasteiger partial charge in [-0.05, 0) is 86.1 Å². The Hall–Kier alpha value is -5.12. The standard InChI is InChI=1S/C40H26N2S/c1-25-41-34-16-9-17-36-40(34)42(25)35-23-22-29(24-37(35)43-36)39-32-14-7-5-12-30(32)38(31-13-6-8-15-33(31)39)28-20-18-27(19-21-28)26-10-3-2-4-11-26/h2-24H,1H3. The van der Waals surface area contributed by atoms with Crippen molar-refractivity contribution in [3.05, 3.63) is 145 Å². The topological polar surface area (TPSA) is 17.8 Å². The van der Waals surface area contributed by atoms with Gasteiger partial charge in [0.1, 0.15) is 5.82 Å². The van der Waals surface area contributed by atoms with E-state index in [-0.39, 0.29) is 0 Å². The molecule has 0 spiro atoms. The second-order valence-electron chi connectivity index (χ2n) is 11.2. The molecule has 2 heterocycles. The van der Waals surface area contributed by atoms with Gasteiger partial charge < -0.3 is 0 Å². The number of fused-ring (bicyclic) bond motifs is 4. The van der Waals surface area contributed by atoms with E-state index in [4.69, 9.17) is 4.98 Å². The second-order valence-corrected chi connectivity index (χ2v) is 12.3. The lowest BCUT2D eigenvalue weighted by atomic mass is 9.85. The molecule has 43 heavy (non-hydrogen) atoms. The molecule has 0 bridgehead atoms. The number of aryl methyl sites for hydroxylation is 1. The van der Waals surface area contributed by atoms with Crippen LogP contribution in [0.25, 0.3) is 71.6 Å². The van der Waals surface area contributed by atoms with Gasteiger partial charge in [-0.2, -0.15) is 0 Å². The number of imidazole rings is 1. The third kappa shape index (κ3) is 3.72. The molecule has 1 aromatic heterocycles. The van der Waals surface area contributed by atoms with Gasteiger partial charge in [-0.3, -0.25) is 4.57 Å². The van der Waals surface area contributed by atoms with Gasteiger partial charge in [-0.25, -0.2) is 4.98 Å². The summed E-state index contributed by atoms with van der Waals surface area (Å²) in [7, 11) is 0. The van der Waals surface area contributed by atoms with Crippen LogP contribution in [0.3, 0.4) is 0 Å². The van der Waals surface area contributed by atoms with Crippen molar-refractivity contribution in [2.75, 3.05) is 0 Å². The normalized spacial score (nSPS) is 12.2. The first kappa shape index (κ1) is 24.5. The highest BCUT2D eigenvalue weighted by Crippen LogP contribution is 2.48. The molecule has 1 aliphatic rings. The zero-order chi connectivity index (χ0) is 28.5. The predicted molar refractivity (Wildman–Crippen MR) is 181 cm³/mol. The summed E-state index contributed by atoms with van der Waals surface area (Å²) in [5.74, 6) is 1.02. The minimum atomic E-state index is 1.02. The van der Waals surface area contributed by atoms with Crippen LogP contribution in [-0.2, 0) is 0 Å². The van der Waals surface area contributed by atoms with E-state index in [1.807, 2.05) is 11.8 Å². The number of benzene rings is 7. The maximum Gasteiger partial charge on any atom is 0.111 e. The van der Waals surface area contributed by atoms with Gasteiger partial charge in [0.15, 0.2) is 0 Å². The molecule has 0 atom stereocenters. The summed E-state index contributed by atoms with van der Waals surface area (Å²) in [5, 5.41) is 5.08. The van der Waals surface area contributed by atoms with Gasteiger partial charge in [0.05, 0.1) is 16.7 Å². The monoisotopic (exact) mass is 566 g/mol. The number of aromatic nitrogens is 2. The van der Waals surface area contributed by atoms with E-state index in [1.54, 1.807) is 0 Å². The largest absolute Gasteiger partial charge is 0.294 e. The number of rotatable bonds is 3. The molecule has 202 valence electrons. The maximum absolute atomic E-state index is 4.86. The van der Waals surface area contributed by atoms with Gasteiger partial charge in [0.2, 0.25) is 0 Å². The summed E-state index contributed by atoms with van der Waals surface area (Å²) in [6.45, 7) is 2.10. The fourth-order valence-corrected chi connectivity index (χ4v) is 7.98. The van der Waals surface area contributed by atoms with Crippen molar-refractivity contribution in [1.29, 1.82) is 0 Å². The molecule has 0 saturated heterocycles. The molecular weight excluding hydrogens is 541 g/mol. The summed E-state index contributed by atoms with van der Waals surface area (Å²) in [6, 6.07) is 50.8. The second kappa shape index (κ2) is 9.45. The Morgan fingerprint density at radius 2 is 1.05 bits per heavy atom. The molecule has 0 fully saturated rings. The fraction of sp³-hybridized carbons (Fsp3) is 0.0250. The molecule has 3 heteroatoms. The van der Waals surface area contributed by atoms with E-state index in [1.165, 1.54) is 75.9 Å². The maximum atomic E-state index is 4.86. The van der Waals surface area contributed by atoms with Crippen molar-refractivity contribution in [1.82, 2.24) is 9.55 Å². The van der Waals surface area contributed by atoms with Crippen LogP contribution < -0.4 is 0 Å². The Morgan fingerprint density at radius 3 is 1.72 bits per heavy atom. The highest BCUT2D eigenvalue weighted by atomic mass is 32.2. The van der Waals surface area contributed by atoms with Crippen LogP contribution in [-0.4, -0.2) is 9.55 Å². The van der Waals surface area contributed by atoms with E-state index in [0.29, 0.717) is 0 Å². The van der Waals surface area contributed by atoms with Gasteiger partial charge >= 0.3 is 0 Å². The van der Waals surface area contributed by atoms with Crippen molar-refractivity contribution >= 4 is 44.3 Å². The Kier molecular flexibility index (Phi) is 5.38. The number of nitrogens with zero attached hydrogens (tertiary/aromatic N) is 2. The molecular formula is C40H26N2S. The van der Waals surface area contributed by atoms with Crippen LogP contribution in [0, 0.1) is 6.92 Å². The lowest BCUT2D eigenvalue weighted by Gasteiger charge is -2.22. The van der Waals surface area contributed by atoms with Gasteiger partial charge in [-0.15, -0.1) is 0 Å². The zero-order valence-corrected chi connectivity index (χ0v) is 24.4. The molecule has 9 rings (SSSR count). The number of para-hydroxylation sites is 1. The predicted octanol–water partition coefficient (Wildman–Crippen LogP) is 11.1. The van der Waals surface area contributed by atoms with Gasteiger partial charge in [0, 0.05) is 9.79 Å². The van der Waals surface area contributed by atoms with E-state index in [0.717, 1.165) is 11.3 Å². The summed E-state index contributed by atoms with van der Waals surface area (Å²) >= 11 is 1.85. The van der Waals surface area contributed by atoms with Crippen LogP contribution in [0.2, 0.25) is 0 Å². The van der Waals surface area contributed by atoms with Gasteiger partial charge in [-0.1, -0.05) is 127 Å². The van der Waals surface area contributed by atoms with Crippen molar-refractivity contribution < 1.29 is 0 Å². The number of hydrogen-bond donors (Lipinski definition) is 0. The fourth-order valence-electron chi connectivity index (χ4n) is 6.85. The molecule has 1 aliphatic heterocycles. The van der Waals surface area contributed by atoms with Crippen LogP contribution in [0.5, 0.6) is 0 Å². The lowest BCUT2D eigenvalue weighted by molar-refractivity contribution is 0.963. The van der Waals surface area contributed by atoms with Crippen molar-refractivity contribution in [3.8, 4) is 39.1 Å². The molecule has 0 N–H and O–H groups in total. The molecule has 0 aliphatic carbocycles. The summed E-state index contributed by atoms with van der Waals surface area (Å²) < 4.78 is 2.32. The van der Waals surface area contributed by atoms with Crippen LogP contribution >= 0.6 is 11.8 Å². The minimum Gasteiger partial charge on any atom is -0.294 e. The molecule has 2 nitrogen and oxygen atoms in total. The van der Waals surface area contributed by atoms with Crippen LogP contribution in [0.4, 0.5) is 0 Å². The SMILES string of the molecule is Cc1nc2cccc3c2n1-c1ccc(-c2c4ccccc4c(-c4ccc(-c5ccccc5)cc4)c4ccccc24)cc1S3. The Balaban J connectivity index is 1.26. The molecule has 8 aromatic rings. The highest BCUT2D eigenvalue weighted by Gasteiger charge is 2.23. The third-order valence-electron chi connectivity index (χ3n) is 8.73. The van der Waals surface area contributed by atoms with E-state index < -0.39 is 0 Å². The average molecular weight is 567 g/mol. The summed E-state index contributed by atoms with van der Waals surface area (Å²) in [6.07, 6.45) is 0. The first-order chi connectivity index (χ1) is 21.2. The average Bonchev–Trinajstić information content (AvgIpc) is 3.41. The first-order valence-electron chi connectivity index (χ1n) is 14.6. The molecule has 0 unspecified atom stereocenters. The molecule has 0 amide bonds. The van der Waals surface area contributed by atoms with E-state index in [9.17, 15) is 0 Å². The van der Waals surface area contributed by atoms with Gasteiger partial charge in [0.25, 0.3) is 0 Å². The minimum absolute atomic E-state index is 1.02. The quantitative estimate of drug-likeness (QED) is 0.198. The summed E-state index contributed by atoms with van der Waals surface area (Å²) in [5.41, 5.74) is 11.0. The zero-order valence-electron chi connectivity index (χ0n) is 23.6. The van der Waals surface area contributed by atoms with E-state index in [2.05, 4.69) is 151 Å². The van der Waals surface area contributed by atoms with Crippen LogP contribution in [0.1, 0.15) is 5.82 Å². The Bertz CT molecular complexity index is 2310. The van der Waals surface area contributed by atoms with Crippen LogP contribution in [0.15, 0.2) is 149 Å². The third-order valence-corrected chi connectivity index (χ3v) is 9.82.